The van der Waals surface area contributed by atoms with Crippen LogP contribution in [-0.4, -0.2) is 45.9 Å². The molecule has 2 aliphatic heterocycles. The van der Waals surface area contributed by atoms with Crippen LogP contribution in [0.25, 0.3) is 0 Å². The highest BCUT2D eigenvalue weighted by atomic mass is 35.5. The van der Waals surface area contributed by atoms with Crippen LogP contribution in [0.3, 0.4) is 0 Å². The Bertz CT molecular complexity index is 824. The Hall–Kier alpha value is -1.95. The summed E-state index contributed by atoms with van der Waals surface area (Å²) in [4.78, 5) is 27.4. The fourth-order valence-corrected chi connectivity index (χ4v) is 6.30. The predicted octanol–water partition coefficient (Wildman–Crippen LogP) is 5.29. The first kappa shape index (κ1) is 20.8. The molecule has 6 nitrogen and oxygen atoms in total. The molecule has 154 valence electrons. The molecule has 1 aromatic rings. The summed E-state index contributed by atoms with van der Waals surface area (Å²) < 4.78 is 0. The first-order chi connectivity index (χ1) is 12.7. The van der Waals surface area contributed by atoms with Gasteiger partial charge in [-0.1, -0.05) is 59.2 Å². The van der Waals surface area contributed by atoms with E-state index >= 15 is 0 Å². The summed E-state index contributed by atoms with van der Waals surface area (Å²) in [5, 5.41) is 20.5. The minimum Gasteiger partial charge on any atom is -0.465 e. The molecule has 2 amide bonds. The van der Waals surface area contributed by atoms with Crippen LogP contribution in [0.15, 0.2) is 12.1 Å². The number of rotatable bonds is 0. The van der Waals surface area contributed by atoms with Gasteiger partial charge in [-0.15, -0.1) is 0 Å². The highest BCUT2D eigenvalue weighted by Gasteiger charge is 2.67. The quantitative estimate of drug-likeness (QED) is 0.611. The Morgan fingerprint density at radius 3 is 2.11 bits per heavy atom. The molecule has 2 heterocycles. The van der Waals surface area contributed by atoms with Gasteiger partial charge in [-0.2, -0.15) is 0 Å². The van der Waals surface area contributed by atoms with E-state index in [1.54, 1.807) is 6.07 Å². The zero-order valence-electron chi connectivity index (χ0n) is 17.3. The SMILES string of the molecule is CC(C)(C)C1(C(C)(C)C)[C@@H]2CN(C(=O)O)CCc3ccc(Cl)c(c32)N1C(=O)O. The lowest BCUT2D eigenvalue weighted by molar-refractivity contribution is 0.0243. The van der Waals surface area contributed by atoms with Crippen LogP contribution in [-0.2, 0) is 6.42 Å². The molecular weight excluding hydrogens is 380 g/mol. The van der Waals surface area contributed by atoms with E-state index < -0.39 is 28.6 Å². The summed E-state index contributed by atoms with van der Waals surface area (Å²) in [6, 6.07) is 3.65. The van der Waals surface area contributed by atoms with E-state index in [1.807, 2.05) is 47.6 Å². The molecule has 0 aliphatic carbocycles. The van der Waals surface area contributed by atoms with Crippen LogP contribution in [0.1, 0.15) is 58.6 Å². The Kier molecular flexibility index (Phi) is 4.66. The first-order valence-corrected chi connectivity index (χ1v) is 9.95. The van der Waals surface area contributed by atoms with Crippen molar-refractivity contribution in [1.82, 2.24) is 4.90 Å². The Morgan fingerprint density at radius 1 is 1.07 bits per heavy atom. The molecule has 1 aromatic carbocycles. The predicted molar refractivity (Wildman–Crippen MR) is 110 cm³/mol. The zero-order chi connectivity index (χ0) is 21.2. The molecule has 0 bridgehead atoms. The average Bonchev–Trinajstić information content (AvgIpc) is 2.73. The summed E-state index contributed by atoms with van der Waals surface area (Å²) >= 11 is 6.57. The van der Waals surface area contributed by atoms with Crippen molar-refractivity contribution in [2.75, 3.05) is 18.0 Å². The van der Waals surface area contributed by atoms with Crippen molar-refractivity contribution in [2.24, 2.45) is 10.8 Å². The highest BCUT2D eigenvalue weighted by molar-refractivity contribution is 6.34. The van der Waals surface area contributed by atoms with Crippen LogP contribution in [0.2, 0.25) is 5.02 Å². The molecule has 0 fully saturated rings. The van der Waals surface area contributed by atoms with Gasteiger partial charge >= 0.3 is 12.2 Å². The Balaban J connectivity index is 2.45. The van der Waals surface area contributed by atoms with Crippen molar-refractivity contribution in [3.8, 4) is 0 Å². The summed E-state index contributed by atoms with van der Waals surface area (Å²) in [6.45, 7) is 12.8. The third-order valence-corrected chi connectivity index (χ3v) is 6.79. The summed E-state index contributed by atoms with van der Waals surface area (Å²) in [5.74, 6) is -0.314. The van der Waals surface area contributed by atoms with Gasteiger partial charge in [0.25, 0.3) is 0 Å². The lowest BCUT2D eigenvalue weighted by Gasteiger charge is -2.58. The number of amides is 2. The van der Waals surface area contributed by atoms with E-state index in [9.17, 15) is 19.8 Å². The number of carbonyl (C=O) groups is 2. The highest BCUT2D eigenvalue weighted by Crippen LogP contribution is 2.65. The summed E-state index contributed by atoms with van der Waals surface area (Å²) in [6.07, 6.45) is -1.50. The van der Waals surface area contributed by atoms with Gasteiger partial charge in [0.15, 0.2) is 0 Å². The Morgan fingerprint density at radius 2 is 1.64 bits per heavy atom. The monoisotopic (exact) mass is 408 g/mol. The lowest BCUT2D eigenvalue weighted by Crippen LogP contribution is -2.67. The Labute approximate surface area is 171 Å². The van der Waals surface area contributed by atoms with Gasteiger partial charge in [-0.3, -0.25) is 4.90 Å². The maximum atomic E-state index is 12.7. The topological polar surface area (TPSA) is 81.1 Å². The second-order valence-corrected chi connectivity index (χ2v) is 10.3. The van der Waals surface area contributed by atoms with E-state index in [0.717, 1.165) is 11.1 Å². The van der Waals surface area contributed by atoms with Crippen molar-refractivity contribution in [3.63, 3.8) is 0 Å². The number of nitrogens with zero attached hydrogens (tertiary/aromatic N) is 2. The maximum Gasteiger partial charge on any atom is 0.412 e. The van der Waals surface area contributed by atoms with Crippen LogP contribution in [0.5, 0.6) is 0 Å². The van der Waals surface area contributed by atoms with E-state index in [1.165, 1.54) is 9.80 Å². The molecule has 0 saturated heterocycles. The smallest absolute Gasteiger partial charge is 0.412 e. The normalized spacial score (nSPS) is 21.3. The van der Waals surface area contributed by atoms with Crippen LogP contribution < -0.4 is 4.90 Å². The van der Waals surface area contributed by atoms with Gasteiger partial charge in [0.05, 0.1) is 16.2 Å². The van der Waals surface area contributed by atoms with Crippen LogP contribution >= 0.6 is 11.6 Å². The van der Waals surface area contributed by atoms with Gasteiger partial charge in [0, 0.05) is 19.0 Å². The van der Waals surface area contributed by atoms with E-state index in [2.05, 4.69) is 0 Å². The molecule has 0 spiro atoms. The first-order valence-electron chi connectivity index (χ1n) is 9.57. The molecule has 3 rings (SSSR count). The molecule has 7 heteroatoms. The van der Waals surface area contributed by atoms with Crippen molar-refractivity contribution < 1.29 is 19.8 Å². The summed E-state index contributed by atoms with van der Waals surface area (Å²) in [7, 11) is 0. The second-order valence-electron chi connectivity index (χ2n) is 9.88. The molecule has 0 radical (unpaired) electrons. The largest absolute Gasteiger partial charge is 0.465 e. The molecular formula is C21H29ClN2O4. The number of hydrogen-bond acceptors (Lipinski definition) is 2. The van der Waals surface area contributed by atoms with Crippen LogP contribution in [0, 0.1) is 10.8 Å². The number of halogens is 1. The molecule has 0 saturated carbocycles. The molecule has 2 N–H and O–H groups in total. The van der Waals surface area contributed by atoms with E-state index in [-0.39, 0.29) is 12.5 Å². The molecule has 1 atom stereocenters. The lowest BCUT2D eigenvalue weighted by atomic mass is 9.54. The average molecular weight is 409 g/mol. The van der Waals surface area contributed by atoms with Gasteiger partial charge in [-0.25, -0.2) is 9.59 Å². The second kappa shape index (κ2) is 6.28. The summed E-state index contributed by atoms with van der Waals surface area (Å²) in [5.41, 5.74) is 0.545. The van der Waals surface area contributed by atoms with Gasteiger partial charge in [-0.05, 0) is 34.4 Å². The van der Waals surface area contributed by atoms with E-state index in [4.69, 9.17) is 11.6 Å². The third-order valence-electron chi connectivity index (χ3n) is 6.49. The van der Waals surface area contributed by atoms with Crippen molar-refractivity contribution in [3.05, 3.63) is 28.3 Å². The van der Waals surface area contributed by atoms with Crippen molar-refractivity contribution in [2.45, 2.75) is 59.4 Å². The van der Waals surface area contributed by atoms with Gasteiger partial charge < -0.3 is 15.1 Å². The molecule has 0 unspecified atom stereocenters. The third kappa shape index (κ3) is 2.60. The molecule has 28 heavy (non-hydrogen) atoms. The molecule has 2 aliphatic rings. The minimum absolute atomic E-state index is 0.244. The molecule has 0 aromatic heterocycles. The number of carboxylic acid groups (broad SMARTS) is 2. The standard InChI is InChI=1S/C21H29ClN2O4/c1-19(2,3)21(20(4,5)6)13-11-23(17(25)26)10-9-12-7-8-14(22)16(15(12)13)24(21)18(27)28/h7-8,13H,9-11H2,1-6H3,(H,25,26)(H,27,28)/t13-/m1/s1. The van der Waals surface area contributed by atoms with Crippen molar-refractivity contribution >= 4 is 29.5 Å². The van der Waals surface area contributed by atoms with Gasteiger partial charge in [0.2, 0.25) is 0 Å². The fraction of sp³-hybridized carbons (Fsp3) is 0.619. The number of hydrogen-bond donors (Lipinski definition) is 2. The fourth-order valence-electron chi connectivity index (χ4n) is 6.05. The van der Waals surface area contributed by atoms with E-state index in [0.29, 0.717) is 23.7 Å². The maximum absolute atomic E-state index is 12.7. The number of anilines is 1. The van der Waals surface area contributed by atoms with Crippen LogP contribution in [0.4, 0.5) is 15.3 Å². The van der Waals surface area contributed by atoms with Crippen molar-refractivity contribution in [1.29, 1.82) is 0 Å². The minimum atomic E-state index is -1.06. The number of benzene rings is 1. The zero-order valence-corrected chi connectivity index (χ0v) is 18.1. The van der Waals surface area contributed by atoms with Gasteiger partial charge in [0.1, 0.15) is 0 Å².